The first-order valence-electron chi connectivity index (χ1n) is 8.28. The second-order valence-electron chi connectivity index (χ2n) is 7.12. The summed E-state index contributed by atoms with van der Waals surface area (Å²) >= 11 is 0. The van der Waals surface area contributed by atoms with Crippen molar-refractivity contribution in [3.8, 4) is 0 Å². The fourth-order valence-corrected chi connectivity index (χ4v) is 2.33. The van der Waals surface area contributed by atoms with Crippen molar-refractivity contribution in [2.45, 2.75) is 38.9 Å². The fourth-order valence-electron chi connectivity index (χ4n) is 2.33. The molecule has 0 heterocycles. The topological polar surface area (TPSA) is 29.1 Å². The van der Waals surface area contributed by atoms with Crippen molar-refractivity contribution in [3.05, 3.63) is 76.9 Å². The molecule has 0 aliphatic carbocycles. The first kappa shape index (κ1) is 19.8. The van der Waals surface area contributed by atoms with E-state index in [1.807, 2.05) is 24.3 Å². The minimum absolute atomic E-state index is 0.0707. The van der Waals surface area contributed by atoms with Crippen molar-refractivity contribution in [1.29, 1.82) is 0 Å². The van der Waals surface area contributed by atoms with Crippen LogP contribution in [0.2, 0.25) is 0 Å². The Labute approximate surface area is 151 Å². The smallest absolute Gasteiger partial charge is 0.348 e. The molecule has 2 aromatic carbocycles. The number of nitrogens with one attached hydrogen (secondary N) is 1. The summed E-state index contributed by atoms with van der Waals surface area (Å²) < 4.78 is 37.5. The van der Waals surface area contributed by atoms with Gasteiger partial charge < -0.3 is 5.32 Å². The molecule has 2 nitrogen and oxygen atoms in total. The van der Waals surface area contributed by atoms with Crippen LogP contribution in [0.25, 0.3) is 6.08 Å². The van der Waals surface area contributed by atoms with Gasteiger partial charge in [-0.15, -0.1) is 0 Å². The number of benzene rings is 2. The molecule has 2 aromatic rings. The standard InChI is InChI=1S/C21H22F3NO/c1-20(2,3)17-9-4-15(5-10-17)8-13-19(26)25-14-16-6-11-18(12-7-16)21(22,23)24/h4-13H,14H2,1-3H3,(H,25,26)/b13-8+. The number of hydrogen-bond acceptors (Lipinski definition) is 1. The third-order valence-corrected chi connectivity index (χ3v) is 3.95. The predicted octanol–water partition coefficient (Wildman–Crippen LogP) is 5.33. The summed E-state index contributed by atoms with van der Waals surface area (Å²) in [6.45, 7) is 6.57. The lowest BCUT2D eigenvalue weighted by molar-refractivity contribution is -0.137. The van der Waals surface area contributed by atoms with Gasteiger partial charge in [0.15, 0.2) is 0 Å². The largest absolute Gasteiger partial charge is 0.416 e. The highest BCUT2D eigenvalue weighted by molar-refractivity contribution is 5.91. The molecule has 0 aromatic heterocycles. The van der Waals surface area contributed by atoms with E-state index in [1.165, 1.54) is 23.8 Å². The molecule has 0 bridgehead atoms. The van der Waals surface area contributed by atoms with E-state index in [2.05, 4.69) is 26.1 Å². The summed E-state index contributed by atoms with van der Waals surface area (Å²) in [6.07, 6.45) is -1.24. The lowest BCUT2D eigenvalue weighted by Gasteiger charge is -2.18. The normalized spacial score (nSPS) is 12.4. The Bertz CT molecular complexity index is 767. The van der Waals surface area contributed by atoms with Gasteiger partial charge in [0.1, 0.15) is 0 Å². The van der Waals surface area contributed by atoms with Gasteiger partial charge in [-0.2, -0.15) is 13.2 Å². The number of rotatable bonds is 4. The van der Waals surface area contributed by atoms with Crippen LogP contribution in [0.3, 0.4) is 0 Å². The number of carbonyl (C=O) groups is 1. The molecule has 5 heteroatoms. The Hall–Kier alpha value is -2.56. The van der Waals surface area contributed by atoms with Gasteiger partial charge in [-0.25, -0.2) is 0 Å². The van der Waals surface area contributed by atoms with E-state index in [0.29, 0.717) is 5.56 Å². The molecule has 1 N–H and O–H groups in total. The molecule has 0 spiro atoms. The quantitative estimate of drug-likeness (QED) is 0.733. The lowest BCUT2D eigenvalue weighted by atomic mass is 9.87. The second kappa shape index (κ2) is 7.77. The minimum Gasteiger partial charge on any atom is -0.348 e. The molecule has 0 saturated heterocycles. The maximum absolute atomic E-state index is 12.5. The van der Waals surface area contributed by atoms with Gasteiger partial charge in [0, 0.05) is 12.6 Å². The van der Waals surface area contributed by atoms with Crippen LogP contribution in [-0.2, 0) is 22.9 Å². The van der Waals surface area contributed by atoms with Crippen molar-refractivity contribution in [2.75, 3.05) is 0 Å². The summed E-state index contributed by atoms with van der Waals surface area (Å²) in [5.74, 6) is -0.301. The van der Waals surface area contributed by atoms with E-state index < -0.39 is 11.7 Å². The second-order valence-corrected chi connectivity index (χ2v) is 7.12. The van der Waals surface area contributed by atoms with Crippen molar-refractivity contribution in [2.24, 2.45) is 0 Å². The van der Waals surface area contributed by atoms with Crippen molar-refractivity contribution < 1.29 is 18.0 Å². The maximum Gasteiger partial charge on any atom is 0.416 e. The highest BCUT2D eigenvalue weighted by Crippen LogP contribution is 2.29. The number of alkyl halides is 3. The first-order chi connectivity index (χ1) is 12.1. The van der Waals surface area contributed by atoms with Crippen LogP contribution in [0.15, 0.2) is 54.6 Å². The van der Waals surface area contributed by atoms with E-state index in [-0.39, 0.29) is 17.9 Å². The lowest BCUT2D eigenvalue weighted by Crippen LogP contribution is -2.20. The first-order valence-corrected chi connectivity index (χ1v) is 8.28. The molecular weight excluding hydrogens is 339 g/mol. The number of hydrogen-bond donors (Lipinski definition) is 1. The summed E-state index contributed by atoms with van der Waals surface area (Å²) in [4.78, 5) is 11.9. The third-order valence-electron chi connectivity index (χ3n) is 3.95. The summed E-state index contributed by atoms with van der Waals surface area (Å²) in [6, 6.07) is 12.7. The molecule has 138 valence electrons. The van der Waals surface area contributed by atoms with Crippen molar-refractivity contribution >= 4 is 12.0 Å². The van der Waals surface area contributed by atoms with Crippen LogP contribution >= 0.6 is 0 Å². The zero-order valence-corrected chi connectivity index (χ0v) is 15.0. The van der Waals surface area contributed by atoms with Crippen LogP contribution < -0.4 is 5.32 Å². The van der Waals surface area contributed by atoms with Crippen LogP contribution in [0.1, 0.15) is 43.0 Å². The monoisotopic (exact) mass is 361 g/mol. The Morgan fingerprint density at radius 3 is 1.96 bits per heavy atom. The van der Waals surface area contributed by atoms with Gasteiger partial charge in [0.2, 0.25) is 5.91 Å². The van der Waals surface area contributed by atoms with Crippen LogP contribution in [0.5, 0.6) is 0 Å². The van der Waals surface area contributed by atoms with Gasteiger partial charge in [-0.05, 0) is 40.3 Å². The number of carbonyl (C=O) groups excluding carboxylic acids is 1. The summed E-state index contributed by atoms with van der Waals surface area (Å²) in [5.41, 5.74) is 2.09. The van der Waals surface area contributed by atoms with Crippen molar-refractivity contribution in [3.63, 3.8) is 0 Å². The molecular formula is C21H22F3NO. The summed E-state index contributed by atoms with van der Waals surface area (Å²) in [7, 11) is 0. The van der Waals surface area contributed by atoms with Gasteiger partial charge in [0.05, 0.1) is 5.56 Å². The Morgan fingerprint density at radius 1 is 0.923 bits per heavy atom. The summed E-state index contributed by atoms with van der Waals surface area (Å²) in [5, 5.41) is 2.66. The van der Waals surface area contributed by atoms with Gasteiger partial charge >= 0.3 is 6.18 Å². The Balaban J connectivity index is 1.89. The van der Waals surface area contributed by atoms with Crippen LogP contribution in [0, 0.1) is 0 Å². The SMILES string of the molecule is CC(C)(C)c1ccc(/C=C/C(=O)NCc2ccc(C(F)(F)F)cc2)cc1. The van der Waals surface area contributed by atoms with E-state index in [4.69, 9.17) is 0 Å². The number of amides is 1. The van der Waals surface area contributed by atoms with E-state index in [9.17, 15) is 18.0 Å². The molecule has 0 saturated carbocycles. The molecule has 0 aliphatic rings. The average molecular weight is 361 g/mol. The maximum atomic E-state index is 12.5. The fraction of sp³-hybridized carbons (Fsp3) is 0.286. The minimum atomic E-state index is -4.35. The van der Waals surface area contributed by atoms with E-state index >= 15 is 0 Å². The Morgan fingerprint density at radius 2 is 1.46 bits per heavy atom. The highest BCUT2D eigenvalue weighted by Gasteiger charge is 2.29. The van der Waals surface area contributed by atoms with Gasteiger partial charge in [-0.3, -0.25) is 4.79 Å². The molecule has 1 amide bonds. The molecule has 0 unspecified atom stereocenters. The molecule has 2 rings (SSSR count). The number of halogens is 3. The zero-order valence-electron chi connectivity index (χ0n) is 15.0. The molecule has 0 fully saturated rings. The average Bonchev–Trinajstić information content (AvgIpc) is 2.57. The van der Waals surface area contributed by atoms with Crippen LogP contribution in [-0.4, -0.2) is 5.91 Å². The van der Waals surface area contributed by atoms with Gasteiger partial charge in [0.25, 0.3) is 0 Å². The van der Waals surface area contributed by atoms with Crippen molar-refractivity contribution in [1.82, 2.24) is 5.32 Å². The molecule has 0 radical (unpaired) electrons. The molecule has 0 aliphatic heterocycles. The molecule has 26 heavy (non-hydrogen) atoms. The zero-order chi connectivity index (χ0) is 19.4. The van der Waals surface area contributed by atoms with Gasteiger partial charge in [-0.1, -0.05) is 57.2 Å². The van der Waals surface area contributed by atoms with Crippen LogP contribution in [0.4, 0.5) is 13.2 Å². The van der Waals surface area contributed by atoms with E-state index in [1.54, 1.807) is 6.08 Å². The third kappa shape index (κ3) is 5.76. The molecule has 0 atom stereocenters. The Kier molecular flexibility index (Phi) is 5.90. The highest BCUT2D eigenvalue weighted by atomic mass is 19.4. The van der Waals surface area contributed by atoms with E-state index in [0.717, 1.165) is 17.7 Å². The predicted molar refractivity (Wildman–Crippen MR) is 97.5 cm³/mol.